The molecule has 0 fully saturated rings. The molecule has 0 aliphatic carbocycles. The smallest absolute Gasteiger partial charge is 0.406 e. The van der Waals surface area contributed by atoms with Gasteiger partial charge < -0.3 is 10.1 Å². The minimum atomic E-state index is -4.77. The first-order chi connectivity index (χ1) is 13.2. The predicted octanol–water partition coefficient (Wildman–Crippen LogP) is 2.41. The highest BCUT2D eigenvalue weighted by Gasteiger charge is 2.31. The second-order valence-electron chi connectivity index (χ2n) is 5.96. The predicted molar refractivity (Wildman–Crippen MR) is 92.6 cm³/mol. The SMILES string of the molecule is C[C@H](NC(=O)Cc1nnc2ccccn2c1=O)c1ccc(OC(F)(F)F)cc1. The number of carbonyl (C=O) groups excluding carboxylic acids is 1. The zero-order chi connectivity index (χ0) is 20.3. The number of benzene rings is 1. The van der Waals surface area contributed by atoms with Gasteiger partial charge in [0.05, 0.1) is 12.5 Å². The lowest BCUT2D eigenvalue weighted by Crippen LogP contribution is -2.32. The third-order valence-corrected chi connectivity index (χ3v) is 3.90. The van der Waals surface area contributed by atoms with Crippen LogP contribution in [0, 0.1) is 0 Å². The Hall–Kier alpha value is -3.43. The number of nitrogens with one attached hydrogen (secondary N) is 1. The van der Waals surface area contributed by atoms with Crippen molar-refractivity contribution < 1.29 is 22.7 Å². The van der Waals surface area contributed by atoms with Gasteiger partial charge >= 0.3 is 6.36 Å². The number of carbonyl (C=O) groups is 1. The lowest BCUT2D eigenvalue weighted by atomic mass is 10.1. The number of rotatable bonds is 5. The molecule has 2 heterocycles. The van der Waals surface area contributed by atoms with Gasteiger partial charge in [0.15, 0.2) is 5.65 Å². The van der Waals surface area contributed by atoms with Crippen molar-refractivity contribution in [1.29, 1.82) is 0 Å². The van der Waals surface area contributed by atoms with Gasteiger partial charge in [0.2, 0.25) is 5.91 Å². The number of halogens is 3. The van der Waals surface area contributed by atoms with Crippen molar-refractivity contribution in [2.75, 3.05) is 0 Å². The molecule has 0 bridgehead atoms. The number of fused-ring (bicyclic) bond motifs is 1. The summed E-state index contributed by atoms with van der Waals surface area (Å²) in [5.74, 6) is -0.820. The zero-order valence-electron chi connectivity index (χ0n) is 14.6. The maximum Gasteiger partial charge on any atom is 0.573 e. The van der Waals surface area contributed by atoms with E-state index < -0.39 is 23.9 Å². The van der Waals surface area contributed by atoms with Crippen LogP contribution in [0.15, 0.2) is 53.5 Å². The Balaban J connectivity index is 1.66. The summed E-state index contributed by atoms with van der Waals surface area (Å²) in [5.41, 5.74) is 0.486. The van der Waals surface area contributed by atoms with Crippen molar-refractivity contribution >= 4 is 11.6 Å². The molecule has 0 aliphatic heterocycles. The van der Waals surface area contributed by atoms with E-state index >= 15 is 0 Å². The number of nitrogens with zero attached hydrogens (tertiary/aromatic N) is 3. The molecule has 146 valence electrons. The van der Waals surface area contributed by atoms with Crippen molar-refractivity contribution in [3.8, 4) is 5.75 Å². The molecular weight excluding hydrogens is 377 g/mol. The molecule has 0 spiro atoms. The minimum absolute atomic E-state index is 0.0117. The summed E-state index contributed by atoms with van der Waals surface area (Å²) >= 11 is 0. The third-order valence-electron chi connectivity index (χ3n) is 3.90. The number of amides is 1. The Morgan fingerprint density at radius 3 is 2.57 bits per heavy atom. The average Bonchev–Trinajstić information content (AvgIpc) is 2.63. The van der Waals surface area contributed by atoms with Crippen molar-refractivity contribution in [2.24, 2.45) is 0 Å². The second-order valence-corrected chi connectivity index (χ2v) is 5.96. The maximum atomic E-state index is 12.3. The number of ether oxygens (including phenoxy) is 1. The minimum Gasteiger partial charge on any atom is -0.406 e. The fourth-order valence-electron chi connectivity index (χ4n) is 2.58. The molecule has 0 aliphatic rings. The molecular formula is C18H15F3N4O3. The van der Waals surface area contributed by atoms with E-state index in [1.165, 1.54) is 22.7 Å². The van der Waals surface area contributed by atoms with Crippen LogP contribution in [-0.4, -0.2) is 26.9 Å². The van der Waals surface area contributed by atoms with Gasteiger partial charge in [-0.15, -0.1) is 23.4 Å². The Labute approximate surface area is 156 Å². The summed E-state index contributed by atoms with van der Waals surface area (Å²) in [6.45, 7) is 1.66. The van der Waals surface area contributed by atoms with Crippen LogP contribution in [0.3, 0.4) is 0 Å². The van der Waals surface area contributed by atoms with Gasteiger partial charge in [0.1, 0.15) is 11.4 Å². The van der Waals surface area contributed by atoms with Crippen molar-refractivity contribution in [3.63, 3.8) is 0 Å². The van der Waals surface area contributed by atoms with Crippen molar-refractivity contribution in [2.45, 2.75) is 25.7 Å². The lowest BCUT2D eigenvalue weighted by Gasteiger charge is -2.15. The van der Waals surface area contributed by atoms with E-state index in [-0.39, 0.29) is 17.9 Å². The summed E-state index contributed by atoms with van der Waals surface area (Å²) in [6, 6.07) is 9.64. The average molecular weight is 392 g/mol. The highest BCUT2D eigenvalue weighted by atomic mass is 19.4. The van der Waals surface area contributed by atoms with Crippen LogP contribution in [0.2, 0.25) is 0 Å². The largest absolute Gasteiger partial charge is 0.573 e. The van der Waals surface area contributed by atoms with Gasteiger partial charge in [0, 0.05) is 6.20 Å². The van der Waals surface area contributed by atoms with Crippen LogP contribution in [0.4, 0.5) is 13.2 Å². The lowest BCUT2D eigenvalue weighted by molar-refractivity contribution is -0.274. The summed E-state index contributed by atoms with van der Waals surface area (Å²) in [4.78, 5) is 24.6. The van der Waals surface area contributed by atoms with E-state index in [4.69, 9.17) is 0 Å². The fraction of sp³-hybridized carbons (Fsp3) is 0.222. The molecule has 1 aromatic carbocycles. The second kappa shape index (κ2) is 7.67. The van der Waals surface area contributed by atoms with E-state index in [1.54, 1.807) is 25.1 Å². The first-order valence-corrected chi connectivity index (χ1v) is 8.21. The monoisotopic (exact) mass is 392 g/mol. The quantitative estimate of drug-likeness (QED) is 0.721. The molecule has 0 saturated carbocycles. The van der Waals surface area contributed by atoms with E-state index in [9.17, 15) is 22.8 Å². The van der Waals surface area contributed by atoms with Gasteiger partial charge in [-0.1, -0.05) is 18.2 Å². The van der Waals surface area contributed by atoms with Crippen LogP contribution < -0.4 is 15.6 Å². The number of hydrogen-bond donors (Lipinski definition) is 1. The van der Waals surface area contributed by atoms with Crippen LogP contribution in [-0.2, 0) is 11.2 Å². The van der Waals surface area contributed by atoms with Crippen molar-refractivity contribution in [1.82, 2.24) is 19.9 Å². The molecule has 1 N–H and O–H groups in total. The molecule has 28 heavy (non-hydrogen) atoms. The Morgan fingerprint density at radius 1 is 1.18 bits per heavy atom. The first kappa shape index (κ1) is 19.3. The third kappa shape index (κ3) is 4.64. The number of hydrogen-bond acceptors (Lipinski definition) is 5. The summed E-state index contributed by atoms with van der Waals surface area (Å²) < 4.78 is 41.7. The molecule has 3 aromatic rings. The van der Waals surface area contributed by atoms with E-state index in [0.29, 0.717) is 11.2 Å². The van der Waals surface area contributed by atoms with Crippen LogP contribution in [0.25, 0.3) is 5.65 Å². The Morgan fingerprint density at radius 2 is 1.89 bits per heavy atom. The van der Waals surface area contributed by atoms with Crippen LogP contribution in [0.5, 0.6) is 5.75 Å². The molecule has 0 radical (unpaired) electrons. The molecule has 0 saturated heterocycles. The normalized spacial score (nSPS) is 12.6. The molecule has 1 atom stereocenters. The van der Waals surface area contributed by atoms with Gasteiger partial charge in [-0.25, -0.2) is 0 Å². The molecule has 7 nitrogen and oxygen atoms in total. The van der Waals surface area contributed by atoms with E-state index in [2.05, 4.69) is 20.3 Å². The standard InChI is InChI=1S/C18H15F3N4O3/c1-11(12-5-7-13(8-6-12)28-18(19,20)21)22-16(26)10-14-17(27)25-9-3-2-4-15(25)24-23-14/h2-9,11H,10H2,1H3,(H,22,26)/t11-/m0/s1. The van der Waals surface area contributed by atoms with Gasteiger partial charge in [0.25, 0.3) is 5.56 Å². The summed E-state index contributed by atoms with van der Waals surface area (Å²) in [6.07, 6.45) is -3.51. The van der Waals surface area contributed by atoms with E-state index in [0.717, 1.165) is 12.1 Å². The van der Waals surface area contributed by atoms with Gasteiger partial charge in [-0.2, -0.15) is 0 Å². The Kier molecular flexibility index (Phi) is 5.30. The highest BCUT2D eigenvalue weighted by molar-refractivity contribution is 5.78. The zero-order valence-corrected chi connectivity index (χ0v) is 14.6. The van der Waals surface area contributed by atoms with Crippen molar-refractivity contribution in [3.05, 3.63) is 70.3 Å². The first-order valence-electron chi connectivity index (χ1n) is 8.21. The van der Waals surface area contributed by atoms with Gasteiger partial charge in [-0.3, -0.25) is 14.0 Å². The maximum absolute atomic E-state index is 12.3. The van der Waals surface area contributed by atoms with Gasteiger partial charge in [-0.05, 0) is 36.8 Å². The number of pyridine rings is 1. The highest BCUT2D eigenvalue weighted by Crippen LogP contribution is 2.24. The topological polar surface area (TPSA) is 85.6 Å². The van der Waals surface area contributed by atoms with Crippen LogP contribution in [0.1, 0.15) is 24.2 Å². The molecule has 3 rings (SSSR count). The number of aromatic nitrogens is 3. The summed E-state index contributed by atoms with van der Waals surface area (Å²) in [5, 5.41) is 10.4. The number of alkyl halides is 3. The molecule has 0 unspecified atom stereocenters. The molecule has 10 heteroatoms. The van der Waals surface area contributed by atoms with Crippen LogP contribution >= 0.6 is 0 Å². The fourth-order valence-corrected chi connectivity index (χ4v) is 2.58. The van der Waals surface area contributed by atoms with E-state index in [1.807, 2.05) is 0 Å². The Bertz CT molecular complexity index is 1050. The molecule has 1 amide bonds. The molecule has 2 aromatic heterocycles. The summed E-state index contributed by atoms with van der Waals surface area (Å²) in [7, 11) is 0.